The number of fused-ring (bicyclic) bond motifs is 2. The Balaban J connectivity index is 2.10. The summed E-state index contributed by atoms with van der Waals surface area (Å²) in [6.07, 6.45) is 5.70. The van der Waals surface area contributed by atoms with Gasteiger partial charge in [0.25, 0.3) is 0 Å². The molecule has 0 spiro atoms. The maximum absolute atomic E-state index is 9.55. The molecule has 3 N–H and O–H groups in total. The van der Waals surface area contributed by atoms with Gasteiger partial charge < -0.3 is 15.2 Å². The molecule has 0 radical (unpaired) electrons. The third-order valence-corrected chi connectivity index (χ3v) is 2.64. The maximum atomic E-state index is 9.55. The normalized spacial score (nSPS) is 45.2. The van der Waals surface area contributed by atoms with Gasteiger partial charge in [0, 0.05) is 12.8 Å². The smallest absolute Gasteiger partial charge is 0.138 e. The Kier molecular flexibility index (Phi) is 1.94. The van der Waals surface area contributed by atoms with Crippen LogP contribution in [0.1, 0.15) is 12.8 Å². The highest BCUT2D eigenvalue weighted by Crippen LogP contribution is 2.35. The van der Waals surface area contributed by atoms with Crippen LogP contribution in [0.2, 0.25) is 0 Å². The van der Waals surface area contributed by atoms with Crippen LogP contribution in [0.3, 0.4) is 0 Å². The predicted molar refractivity (Wildman–Crippen MR) is 44.7 cm³/mol. The molecule has 0 aromatic rings. The summed E-state index contributed by atoms with van der Waals surface area (Å²) in [5.74, 6) is 0. The number of quaternary nitrogens is 1. The molecule has 0 amide bonds. The highest BCUT2D eigenvalue weighted by molar-refractivity contribution is 5.15. The fourth-order valence-corrected chi connectivity index (χ4v) is 2.20. The third kappa shape index (κ3) is 1.28. The summed E-state index contributed by atoms with van der Waals surface area (Å²) < 4.78 is 5.79. The van der Waals surface area contributed by atoms with Gasteiger partial charge in [-0.1, -0.05) is 6.08 Å². The van der Waals surface area contributed by atoms with Gasteiger partial charge in [-0.2, -0.15) is 0 Å². The Hall–Kier alpha value is -0.380. The molecule has 2 bridgehead atoms. The molecule has 12 heavy (non-hydrogen) atoms. The van der Waals surface area contributed by atoms with E-state index in [4.69, 9.17) is 4.74 Å². The van der Waals surface area contributed by atoms with E-state index < -0.39 is 0 Å². The first kappa shape index (κ1) is 8.23. The number of rotatable bonds is 2. The zero-order chi connectivity index (χ0) is 8.60. The van der Waals surface area contributed by atoms with Crippen molar-refractivity contribution in [3.05, 3.63) is 12.2 Å². The van der Waals surface area contributed by atoms with Crippen molar-refractivity contribution in [3.63, 3.8) is 0 Å². The topological polar surface area (TPSA) is 46.1 Å². The Morgan fingerprint density at radius 2 is 2.58 bits per heavy atom. The van der Waals surface area contributed by atoms with E-state index >= 15 is 0 Å². The molecule has 0 aliphatic carbocycles. The van der Waals surface area contributed by atoms with Crippen LogP contribution >= 0.6 is 0 Å². The van der Waals surface area contributed by atoms with Crippen LogP contribution in [-0.4, -0.2) is 36.5 Å². The number of aliphatic hydroxyl groups is 1. The van der Waals surface area contributed by atoms with E-state index in [1.807, 2.05) is 7.05 Å². The van der Waals surface area contributed by atoms with Gasteiger partial charge in [0.15, 0.2) is 0 Å². The van der Waals surface area contributed by atoms with Crippen molar-refractivity contribution in [2.24, 2.45) is 0 Å². The average molecular weight is 170 g/mol. The number of hydrogen-bond donors (Lipinski definition) is 2. The largest absolute Gasteiger partial charge is 0.393 e. The van der Waals surface area contributed by atoms with Crippen molar-refractivity contribution in [1.29, 1.82) is 0 Å². The summed E-state index contributed by atoms with van der Waals surface area (Å²) >= 11 is 0. The first-order valence-corrected chi connectivity index (χ1v) is 4.57. The zero-order valence-corrected chi connectivity index (χ0v) is 7.36. The lowest BCUT2D eigenvalue weighted by Crippen LogP contribution is -2.84. The lowest BCUT2D eigenvalue weighted by atomic mass is 9.94. The summed E-state index contributed by atoms with van der Waals surface area (Å²) in [6.45, 7) is 0.914. The van der Waals surface area contributed by atoms with Crippen molar-refractivity contribution in [3.8, 4) is 0 Å². The second kappa shape index (κ2) is 2.83. The minimum Gasteiger partial charge on any atom is -0.393 e. The van der Waals surface area contributed by atoms with E-state index in [1.54, 1.807) is 0 Å². The van der Waals surface area contributed by atoms with Gasteiger partial charge in [-0.25, -0.2) is 0 Å². The molecule has 0 aromatic carbocycles. The molecule has 2 rings (SSSR count). The van der Waals surface area contributed by atoms with Crippen molar-refractivity contribution in [1.82, 2.24) is 0 Å². The molecule has 0 aromatic heterocycles. The molecular weight excluding hydrogens is 154 g/mol. The van der Waals surface area contributed by atoms with Crippen LogP contribution in [0.5, 0.6) is 0 Å². The van der Waals surface area contributed by atoms with Crippen molar-refractivity contribution >= 4 is 0 Å². The Labute approximate surface area is 72.4 Å². The van der Waals surface area contributed by atoms with E-state index in [0.717, 1.165) is 19.4 Å². The summed E-state index contributed by atoms with van der Waals surface area (Å²) in [5, 5.41) is 11.6. The first-order valence-electron chi connectivity index (χ1n) is 4.57. The fraction of sp³-hybridized carbons (Fsp3) is 0.778. The summed E-state index contributed by atoms with van der Waals surface area (Å²) in [6, 6.07) is 0. The Bertz CT molecular complexity index is 205. The van der Waals surface area contributed by atoms with Gasteiger partial charge in [-0.3, -0.25) is 0 Å². The molecule has 3 heteroatoms. The number of likely N-dealkylation sites (N-methyl/N-ethyl adjacent to an activating group) is 1. The molecule has 2 heterocycles. The maximum Gasteiger partial charge on any atom is 0.138 e. The number of aliphatic hydroxyl groups excluding tert-OH is 1. The molecule has 1 saturated heterocycles. The monoisotopic (exact) mass is 170 g/mol. The average Bonchev–Trinajstić information content (AvgIpc) is 2.27. The Morgan fingerprint density at radius 3 is 3.33 bits per heavy atom. The third-order valence-electron chi connectivity index (χ3n) is 2.64. The van der Waals surface area contributed by atoms with E-state index in [9.17, 15) is 5.11 Å². The molecule has 0 saturated carbocycles. The minimum atomic E-state index is -0.182. The van der Waals surface area contributed by atoms with Gasteiger partial charge in [0.1, 0.15) is 12.1 Å². The lowest BCUT2D eigenvalue weighted by molar-refractivity contribution is -0.640. The molecule has 3 atom stereocenters. The molecular formula is C9H16NO2+. The number of nitrogens with two attached hydrogens (primary N) is 1. The second-order valence-corrected chi connectivity index (χ2v) is 3.79. The fourth-order valence-electron chi connectivity index (χ4n) is 2.20. The van der Waals surface area contributed by atoms with Gasteiger partial charge in [-0.05, 0) is 6.08 Å². The van der Waals surface area contributed by atoms with Gasteiger partial charge in [0.2, 0.25) is 0 Å². The molecule has 0 unspecified atom stereocenters. The van der Waals surface area contributed by atoms with E-state index in [2.05, 4.69) is 17.5 Å². The van der Waals surface area contributed by atoms with Crippen LogP contribution in [0.25, 0.3) is 0 Å². The predicted octanol–water partition coefficient (Wildman–Crippen LogP) is -0.972. The summed E-state index contributed by atoms with van der Waals surface area (Å²) in [5.41, 5.74) is -0.170. The minimum absolute atomic E-state index is 0.161. The van der Waals surface area contributed by atoms with E-state index in [1.165, 1.54) is 0 Å². The lowest BCUT2D eigenvalue weighted by Gasteiger charge is -2.34. The van der Waals surface area contributed by atoms with E-state index in [-0.39, 0.29) is 17.8 Å². The van der Waals surface area contributed by atoms with Crippen LogP contribution in [0, 0.1) is 0 Å². The number of ether oxygens (including phenoxy) is 1. The molecule has 3 nitrogen and oxygen atoms in total. The van der Waals surface area contributed by atoms with Gasteiger partial charge in [0.05, 0.1) is 19.3 Å². The second-order valence-electron chi connectivity index (χ2n) is 3.79. The standard InChI is InChI=1S/C9H15NO2/c1-10-6-9-3-2-8(12-9)4-7(11)5-9/h2-3,7-8,10-11H,4-6H2,1H3/p+1/t7-,8-,9-/m1/s1. The summed E-state index contributed by atoms with van der Waals surface area (Å²) in [7, 11) is 2.03. The van der Waals surface area contributed by atoms with Crippen molar-refractivity contribution in [2.45, 2.75) is 30.7 Å². The van der Waals surface area contributed by atoms with Crippen LogP contribution < -0.4 is 5.32 Å². The summed E-state index contributed by atoms with van der Waals surface area (Å²) in [4.78, 5) is 0. The van der Waals surface area contributed by atoms with Gasteiger partial charge >= 0.3 is 0 Å². The Morgan fingerprint density at radius 1 is 1.75 bits per heavy atom. The molecule has 2 aliphatic rings. The van der Waals surface area contributed by atoms with E-state index in [0.29, 0.717) is 0 Å². The molecule has 68 valence electrons. The van der Waals surface area contributed by atoms with Gasteiger partial charge in [-0.15, -0.1) is 0 Å². The number of hydrogen-bond acceptors (Lipinski definition) is 2. The van der Waals surface area contributed by atoms with Crippen molar-refractivity contribution in [2.75, 3.05) is 13.6 Å². The van der Waals surface area contributed by atoms with Crippen LogP contribution in [0.4, 0.5) is 0 Å². The highest BCUT2D eigenvalue weighted by Gasteiger charge is 2.43. The van der Waals surface area contributed by atoms with Crippen LogP contribution in [0.15, 0.2) is 12.2 Å². The first-order chi connectivity index (χ1) is 5.74. The molecule has 2 aliphatic heterocycles. The van der Waals surface area contributed by atoms with Crippen molar-refractivity contribution < 1.29 is 15.2 Å². The zero-order valence-electron chi connectivity index (χ0n) is 7.36. The quantitative estimate of drug-likeness (QED) is 0.524. The SMILES string of the molecule is C[NH2+]C[C@@]12C=C[C@H](C[C@@H](O)C1)O2. The van der Waals surface area contributed by atoms with Crippen LogP contribution in [-0.2, 0) is 4.74 Å². The molecule has 1 fully saturated rings. The highest BCUT2D eigenvalue weighted by atomic mass is 16.5.